The maximum absolute atomic E-state index is 12.6. The van der Waals surface area contributed by atoms with Crippen LogP contribution in [0.3, 0.4) is 0 Å². The molecule has 0 unspecified atom stereocenters. The summed E-state index contributed by atoms with van der Waals surface area (Å²) in [6.07, 6.45) is 0. The first-order valence-electron chi connectivity index (χ1n) is 8.57. The first-order valence-corrected chi connectivity index (χ1v) is 9.56. The highest BCUT2D eigenvalue weighted by molar-refractivity contribution is 7.98. The number of furan rings is 1. The van der Waals surface area contributed by atoms with Crippen molar-refractivity contribution in [2.45, 2.75) is 31.7 Å². The van der Waals surface area contributed by atoms with Crippen LogP contribution in [0.15, 0.2) is 44.4 Å². The number of carbonyl (C=O) groups excluding carboxylic acids is 1. The lowest BCUT2D eigenvalue weighted by Gasteiger charge is -2.07. The van der Waals surface area contributed by atoms with Crippen LogP contribution in [0.25, 0.3) is 11.1 Å². The number of nitrogens with zero attached hydrogens (tertiary/aromatic N) is 4. The summed E-state index contributed by atoms with van der Waals surface area (Å²) in [4.78, 5) is 25.8. The highest BCUT2D eigenvalue weighted by Gasteiger charge is 2.19. The van der Waals surface area contributed by atoms with Crippen LogP contribution in [-0.4, -0.2) is 26.0 Å². The molecule has 4 aromatic rings. The molecule has 0 spiro atoms. The molecule has 0 saturated carbocycles. The molecule has 3 aromatic heterocycles. The summed E-state index contributed by atoms with van der Waals surface area (Å²) in [6.45, 7) is 5.52. The molecule has 1 amide bonds. The number of benzene rings is 1. The van der Waals surface area contributed by atoms with Crippen molar-refractivity contribution in [3.8, 4) is 0 Å². The van der Waals surface area contributed by atoms with Crippen LogP contribution in [0.4, 0.5) is 5.82 Å². The number of rotatable bonds is 5. The average molecular weight is 395 g/mol. The Labute approximate surface area is 164 Å². The molecule has 0 fully saturated rings. The topological polar surface area (TPSA) is 107 Å². The molecule has 4 rings (SSSR count). The number of nitrogens with one attached hydrogen (secondary N) is 1. The third-order valence-corrected chi connectivity index (χ3v) is 5.00. The van der Waals surface area contributed by atoms with Crippen LogP contribution in [0.2, 0.25) is 0 Å². The maximum Gasteiger partial charge on any atom is 0.256 e. The van der Waals surface area contributed by atoms with E-state index in [0.717, 1.165) is 11.3 Å². The number of anilines is 1. The van der Waals surface area contributed by atoms with E-state index in [1.165, 1.54) is 11.8 Å². The van der Waals surface area contributed by atoms with Crippen LogP contribution in [0.1, 0.15) is 33.4 Å². The summed E-state index contributed by atoms with van der Waals surface area (Å²) >= 11 is 1.32. The van der Waals surface area contributed by atoms with Gasteiger partial charge in [0, 0.05) is 11.1 Å². The highest BCUT2D eigenvalue weighted by Crippen LogP contribution is 2.32. The van der Waals surface area contributed by atoms with Crippen molar-refractivity contribution in [2.75, 3.05) is 5.32 Å². The Kier molecular flexibility index (Phi) is 4.82. The highest BCUT2D eigenvalue weighted by atomic mass is 32.2. The van der Waals surface area contributed by atoms with E-state index in [1.807, 2.05) is 32.0 Å². The van der Waals surface area contributed by atoms with Gasteiger partial charge in [-0.3, -0.25) is 4.79 Å². The van der Waals surface area contributed by atoms with Gasteiger partial charge in [0.05, 0.1) is 11.1 Å². The number of aromatic nitrogens is 4. The second-order valence-corrected chi connectivity index (χ2v) is 7.10. The van der Waals surface area contributed by atoms with Crippen LogP contribution in [-0.2, 0) is 5.75 Å². The van der Waals surface area contributed by atoms with Crippen molar-refractivity contribution >= 4 is 34.6 Å². The summed E-state index contributed by atoms with van der Waals surface area (Å²) in [5.74, 6) is 2.36. The summed E-state index contributed by atoms with van der Waals surface area (Å²) in [5.41, 5.74) is 1.86. The van der Waals surface area contributed by atoms with E-state index in [2.05, 4.69) is 25.4 Å². The normalized spacial score (nSPS) is 11.1. The molecule has 28 heavy (non-hydrogen) atoms. The molecule has 0 atom stereocenters. The Morgan fingerprint density at radius 1 is 1.11 bits per heavy atom. The first kappa shape index (κ1) is 18.2. The van der Waals surface area contributed by atoms with Gasteiger partial charge in [-0.15, -0.1) is 0 Å². The van der Waals surface area contributed by atoms with Gasteiger partial charge in [0.1, 0.15) is 11.6 Å². The third kappa shape index (κ3) is 3.61. The summed E-state index contributed by atoms with van der Waals surface area (Å²) in [6, 6.07) is 8.97. The number of aryl methyl sites for hydroxylation is 3. The number of fused-ring (bicyclic) bond motifs is 1. The molecule has 3 heterocycles. The molecule has 0 aliphatic carbocycles. The molecule has 0 radical (unpaired) electrons. The maximum atomic E-state index is 12.6. The predicted molar refractivity (Wildman–Crippen MR) is 104 cm³/mol. The lowest BCUT2D eigenvalue weighted by Crippen LogP contribution is -2.13. The minimum absolute atomic E-state index is 0.248. The summed E-state index contributed by atoms with van der Waals surface area (Å²) in [7, 11) is 0. The average Bonchev–Trinajstić information content (AvgIpc) is 3.23. The number of carbonyl (C=O) groups is 1. The van der Waals surface area contributed by atoms with Crippen LogP contribution < -0.4 is 5.32 Å². The molecular weight excluding hydrogens is 378 g/mol. The largest absolute Gasteiger partial charge is 0.443 e. The van der Waals surface area contributed by atoms with Crippen molar-refractivity contribution < 1.29 is 13.7 Å². The lowest BCUT2D eigenvalue weighted by molar-refractivity contribution is 0.102. The van der Waals surface area contributed by atoms with E-state index in [-0.39, 0.29) is 5.91 Å². The zero-order chi connectivity index (χ0) is 19.7. The van der Waals surface area contributed by atoms with Gasteiger partial charge in [-0.1, -0.05) is 35.1 Å². The van der Waals surface area contributed by atoms with E-state index >= 15 is 0 Å². The van der Waals surface area contributed by atoms with E-state index in [4.69, 9.17) is 8.94 Å². The lowest BCUT2D eigenvalue weighted by atomic mass is 10.2. The van der Waals surface area contributed by atoms with Crippen molar-refractivity contribution in [1.82, 2.24) is 20.1 Å². The first-order chi connectivity index (χ1) is 13.5. The van der Waals surface area contributed by atoms with Crippen LogP contribution >= 0.6 is 11.8 Å². The molecule has 142 valence electrons. The van der Waals surface area contributed by atoms with E-state index < -0.39 is 0 Å². The fraction of sp³-hybridized carbons (Fsp3) is 0.211. The molecule has 1 N–H and O–H groups in total. The monoisotopic (exact) mass is 395 g/mol. The Morgan fingerprint density at radius 2 is 1.89 bits per heavy atom. The zero-order valence-electron chi connectivity index (χ0n) is 15.5. The van der Waals surface area contributed by atoms with Gasteiger partial charge in [0.25, 0.3) is 5.91 Å². The minimum Gasteiger partial charge on any atom is -0.443 e. The molecule has 0 aliphatic heterocycles. The van der Waals surface area contributed by atoms with Gasteiger partial charge in [-0.2, -0.15) is 9.97 Å². The van der Waals surface area contributed by atoms with E-state index in [1.54, 1.807) is 19.1 Å². The molecule has 0 saturated heterocycles. The van der Waals surface area contributed by atoms with Gasteiger partial charge in [-0.25, -0.2) is 4.98 Å². The standard InChI is InChI=1S/C19H17N5O3S/c1-10-11(2)26-18-15(10)16(21-17(25)13-7-5-4-6-8-13)22-19(23-18)28-9-14-20-12(3)24-27-14/h4-8H,9H2,1-3H3,(H,21,22,23,25). The Morgan fingerprint density at radius 3 is 2.61 bits per heavy atom. The van der Waals surface area contributed by atoms with Crippen molar-refractivity contribution in [3.63, 3.8) is 0 Å². The number of amides is 1. The van der Waals surface area contributed by atoms with E-state index in [9.17, 15) is 4.79 Å². The van der Waals surface area contributed by atoms with Gasteiger partial charge in [0.15, 0.2) is 11.0 Å². The Hall–Kier alpha value is -3.20. The van der Waals surface area contributed by atoms with Crippen molar-refractivity contribution in [1.29, 1.82) is 0 Å². The number of hydrogen-bond acceptors (Lipinski definition) is 8. The fourth-order valence-electron chi connectivity index (χ4n) is 2.68. The second-order valence-electron chi connectivity index (χ2n) is 6.16. The van der Waals surface area contributed by atoms with Gasteiger partial charge in [0.2, 0.25) is 11.6 Å². The molecular formula is C19H17N5O3S. The number of hydrogen-bond donors (Lipinski definition) is 1. The summed E-state index contributed by atoms with van der Waals surface area (Å²) in [5, 5.41) is 7.79. The van der Waals surface area contributed by atoms with Crippen LogP contribution in [0.5, 0.6) is 0 Å². The smallest absolute Gasteiger partial charge is 0.256 e. The second kappa shape index (κ2) is 7.43. The molecule has 0 aliphatic rings. The quantitative estimate of drug-likeness (QED) is 0.398. The number of thioether (sulfide) groups is 1. The molecule has 8 nitrogen and oxygen atoms in total. The van der Waals surface area contributed by atoms with Gasteiger partial charge < -0.3 is 14.3 Å². The Balaban J connectivity index is 1.67. The molecule has 9 heteroatoms. The third-order valence-electron chi connectivity index (χ3n) is 4.17. The summed E-state index contributed by atoms with van der Waals surface area (Å²) < 4.78 is 10.9. The van der Waals surface area contributed by atoms with Gasteiger partial charge >= 0.3 is 0 Å². The molecule has 0 bridgehead atoms. The minimum atomic E-state index is -0.248. The van der Waals surface area contributed by atoms with Crippen LogP contribution in [0, 0.1) is 20.8 Å². The van der Waals surface area contributed by atoms with Crippen molar-refractivity contribution in [2.24, 2.45) is 0 Å². The van der Waals surface area contributed by atoms with E-state index in [0.29, 0.717) is 45.1 Å². The van der Waals surface area contributed by atoms with Gasteiger partial charge in [-0.05, 0) is 32.9 Å². The van der Waals surface area contributed by atoms with Crippen molar-refractivity contribution in [3.05, 3.63) is 58.9 Å². The zero-order valence-corrected chi connectivity index (χ0v) is 16.3. The fourth-order valence-corrected chi connectivity index (χ4v) is 3.35. The SMILES string of the molecule is Cc1noc(CSc2nc(NC(=O)c3ccccc3)c3c(C)c(C)oc3n2)n1. The molecule has 1 aromatic carbocycles. The Bertz CT molecular complexity index is 1150. The predicted octanol–water partition coefficient (Wildman–Crippen LogP) is 4.08.